The summed E-state index contributed by atoms with van der Waals surface area (Å²) in [5.41, 5.74) is 3.54. The molecule has 92 valence electrons. The minimum Gasteiger partial charge on any atom is -0.496 e. The van der Waals surface area contributed by atoms with Crippen LogP contribution in [0.3, 0.4) is 0 Å². The number of hydrogen-bond donors (Lipinski definition) is 0. The van der Waals surface area contributed by atoms with Crippen molar-refractivity contribution in [1.82, 2.24) is 4.98 Å². The van der Waals surface area contributed by atoms with E-state index in [1.54, 1.807) is 7.11 Å². The Morgan fingerprint density at radius 3 is 2.89 bits per heavy atom. The lowest BCUT2D eigenvalue weighted by Crippen LogP contribution is -2.15. The highest BCUT2D eigenvalue weighted by Crippen LogP contribution is 2.35. The van der Waals surface area contributed by atoms with Crippen LogP contribution in [0.1, 0.15) is 34.5 Å². The normalized spacial score (nSPS) is 14.7. The van der Waals surface area contributed by atoms with Gasteiger partial charge in [0.1, 0.15) is 11.4 Å². The molecule has 2 aromatic rings. The number of benzene rings is 1. The molecule has 0 radical (unpaired) electrons. The van der Waals surface area contributed by atoms with Gasteiger partial charge in [0.25, 0.3) is 0 Å². The molecule has 0 N–H and O–H groups in total. The number of methoxy groups -OCH3 is 1. The lowest BCUT2D eigenvalue weighted by molar-refractivity contribution is 0.0967. The van der Waals surface area contributed by atoms with Crippen molar-refractivity contribution in [2.45, 2.75) is 26.2 Å². The van der Waals surface area contributed by atoms with Gasteiger partial charge in [0.05, 0.1) is 12.6 Å². The second kappa shape index (κ2) is 4.09. The summed E-state index contributed by atoms with van der Waals surface area (Å²) < 4.78 is 5.54. The van der Waals surface area contributed by atoms with Gasteiger partial charge in [-0.05, 0) is 31.4 Å². The van der Waals surface area contributed by atoms with Crippen LogP contribution in [0.15, 0.2) is 18.2 Å². The number of carbonyl (C=O) groups excluding carboxylic acids is 1. The minimum absolute atomic E-state index is 0.139. The van der Waals surface area contributed by atoms with Gasteiger partial charge in [0, 0.05) is 17.4 Å². The van der Waals surface area contributed by atoms with E-state index in [-0.39, 0.29) is 5.78 Å². The number of fused-ring (bicyclic) bond motifs is 2. The first-order valence-corrected chi connectivity index (χ1v) is 6.21. The number of Topliss-reactive ketones (excluding diaryl/α,β-unsaturated/α-hetero) is 1. The van der Waals surface area contributed by atoms with E-state index in [4.69, 9.17) is 4.74 Å². The summed E-state index contributed by atoms with van der Waals surface area (Å²) in [5.74, 6) is 0.964. The van der Waals surface area contributed by atoms with E-state index in [2.05, 4.69) is 4.98 Å². The maximum atomic E-state index is 12.0. The number of pyridine rings is 1. The Morgan fingerprint density at radius 2 is 2.11 bits per heavy atom. The predicted octanol–water partition coefficient (Wildman–Crippen LogP) is 3.07. The number of ether oxygens (including phenoxy) is 1. The Bertz CT molecular complexity index is 646. The van der Waals surface area contributed by atoms with Crippen molar-refractivity contribution in [2.24, 2.45) is 0 Å². The molecule has 1 aromatic heterocycles. The number of aromatic nitrogens is 1. The highest BCUT2D eigenvalue weighted by atomic mass is 16.5. The largest absolute Gasteiger partial charge is 0.496 e. The number of para-hydroxylation sites is 1. The van der Waals surface area contributed by atoms with Crippen LogP contribution < -0.4 is 4.74 Å². The van der Waals surface area contributed by atoms with Gasteiger partial charge >= 0.3 is 0 Å². The molecule has 0 fully saturated rings. The molecule has 1 aliphatic rings. The summed E-state index contributed by atoms with van der Waals surface area (Å²) in [7, 11) is 1.66. The number of rotatable bonds is 1. The SMILES string of the molecule is COc1c2c(nc3c(C)cccc13)C(=O)CCC2. The Labute approximate surface area is 106 Å². The summed E-state index contributed by atoms with van der Waals surface area (Å²) in [4.78, 5) is 16.6. The van der Waals surface area contributed by atoms with Gasteiger partial charge in [-0.2, -0.15) is 0 Å². The Hall–Kier alpha value is -1.90. The average molecular weight is 241 g/mol. The molecule has 3 rings (SSSR count). The highest BCUT2D eigenvalue weighted by Gasteiger charge is 2.24. The molecule has 0 spiro atoms. The van der Waals surface area contributed by atoms with Gasteiger partial charge < -0.3 is 4.74 Å². The first-order chi connectivity index (χ1) is 8.72. The summed E-state index contributed by atoms with van der Waals surface area (Å²) in [6, 6.07) is 6.01. The fourth-order valence-corrected chi connectivity index (χ4v) is 2.68. The van der Waals surface area contributed by atoms with E-state index in [0.29, 0.717) is 12.1 Å². The molecule has 1 heterocycles. The van der Waals surface area contributed by atoms with E-state index in [9.17, 15) is 4.79 Å². The third kappa shape index (κ3) is 1.50. The first kappa shape index (κ1) is 11.2. The van der Waals surface area contributed by atoms with Crippen molar-refractivity contribution >= 4 is 16.7 Å². The van der Waals surface area contributed by atoms with Crippen molar-refractivity contribution < 1.29 is 9.53 Å². The molecule has 0 saturated carbocycles. The number of ketones is 1. The van der Waals surface area contributed by atoms with Crippen molar-refractivity contribution in [3.05, 3.63) is 35.0 Å². The molecule has 0 bridgehead atoms. The van der Waals surface area contributed by atoms with Crippen LogP contribution in [-0.2, 0) is 6.42 Å². The second-order valence-electron chi connectivity index (χ2n) is 4.72. The third-order valence-electron chi connectivity index (χ3n) is 3.56. The molecular formula is C15H15NO2. The Kier molecular flexibility index (Phi) is 2.54. The third-order valence-corrected chi connectivity index (χ3v) is 3.56. The predicted molar refractivity (Wildman–Crippen MR) is 70.3 cm³/mol. The molecule has 0 saturated heterocycles. The van der Waals surface area contributed by atoms with Gasteiger partial charge in [0.2, 0.25) is 0 Å². The topological polar surface area (TPSA) is 39.2 Å². The van der Waals surface area contributed by atoms with Crippen molar-refractivity contribution in [2.75, 3.05) is 7.11 Å². The maximum absolute atomic E-state index is 12.0. The fraction of sp³-hybridized carbons (Fsp3) is 0.333. The van der Waals surface area contributed by atoms with Crippen LogP contribution >= 0.6 is 0 Å². The molecule has 1 aliphatic carbocycles. The van der Waals surface area contributed by atoms with Gasteiger partial charge in [-0.25, -0.2) is 4.98 Å². The molecule has 0 amide bonds. The molecule has 0 atom stereocenters. The molecule has 1 aromatic carbocycles. The highest BCUT2D eigenvalue weighted by molar-refractivity contribution is 6.01. The minimum atomic E-state index is 0.139. The number of hydrogen-bond acceptors (Lipinski definition) is 3. The Morgan fingerprint density at radius 1 is 1.28 bits per heavy atom. The Balaban J connectivity index is 2.43. The van der Waals surface area contributed by atoms with Gasteiger partial charge in [-0.15, -0.1) is 0 Å². The van der Waals surface area contributed by atoms with E-state index in [1.165, 1.54) is 0 Å². The number of aryl methyl sites for hydroxylation is 1. The summed E-state index contributed by atoms with van der Waals surface area (Å²) in [6.45, 7) is 2.01. The molecule has 0 unspecified atom stereocenters. The number of carbonyl (C=O) groups is 1. The zero-order valence-electron chi connectivity index (χ0n) is 10.6. The summed E-state index contributed by atoms with van der Waals surface area (Å²) >= 11 is 0. The van der Waals surface area contributed by atoms with Crippen LogP contribution in [0.5, 0.6) is 5.75 Å². The molecular weight excluding hydrogens is 226 g/mol. The van der Waals surface area contributed by atoms with Crippen LogP contribution in [0.2, 0.25) is 0 Å². The fourth-order valence-electron chi connectivity index (χ4n) is 2.68. The molecule has 0 aliphatic heterocycles. The summed E-state index contributed by atoms with van der Waals surface area (Å²) in [5, 5.41) is 1.01. The van der Waals surface area contributed by atoms with Crippen LogP contribution in [0.4, 0.5) is 0 Å². The lowest BCUT2D eigenvalue weighted by Gasteiger charge is -2.19. The maximum Gasteiger partial charge on any atom is 0.181 e. The van der Waals surface area contributed by atoms with Gasteiger partial charge in [-0.1, -0.05) is 12.1 Å². The quantitative estimate of drug-likeness (QED) is 0.770. The van der Waals surface area contributed by atoms with E-state index in [0.717, 1.165) is 40.6 Å². The smallest absolute Gasteiger partial charge is 0.181 e. The van der Waals surface area contributed by atoms with Gasteiger partial charge in [-0.3, -0.25) is 4.79 Å². The number of nitrogens with zero attached hydrogens (tertiary/aromatic N) is 1. The average Bonchev–Trinajstić information content (AvgIpc) is 2.38. The van der Waals surface area contributed by atoms with Gasteiger partial charge in [0.15, 0.2) is 5.78 Å². The molecule has 3 heteroatoms. The zero-order chi connectivity index (χ0) is 12.7. The van der Waals surface area contributed by atoms with Crippen LogP contribution in [0, 0.1) is 6.92 Å². The first-order valence-electron chi connectivity index (χ1n) is 6.21. The van der Waals surface area contributed by atoms with Crippen molar-refractivity contribution in [1.29, 1.82) is 0 Å². The molecule has 3 nitrogen and oxygen atoms in total. The van der Waals surface area contributed by atoms with Crippen molar-refractivity contribution in [3.63, 3.8) is 0 Å². The second-order valence-corrected chi connectivity index (χ2v) is 4.72. The van der Waals surface area contributed by atoms with E-state index in [1.807, 2.05) is 25.1 Å². The van der Waals surface area contributed by atoms with E-state index >= 15 is 0 Å². The van der Waals surface area contributed by atoms with Crippen LogP contribution in [0.25, 0.3) is 10.9 Å². The summed E-state index contributed by atoms with van der Waals surface area (Å²) in [6.07, 6.45) is 2.36. The monoisotopic (exact) mass is 241 g/mol. The van der Waals surface area contributed by atoms with Crippen molar-refractivity contribution in [3.8, 4) is 5.75 Å². The van der Waals surface area contributed by atoms with Crippen LogP contribution in [-0.4, -0.2) is 17.9 Å². The zero-order valence-corrected chi connectivity index (χ0v) is 10.6. The molecule has 18 heavy (non-hydrogen) atoms. The standard InChI is InChI=1S/C15H15NO2/c1-9-5-3-6-10-13(9)16-14-11(15(10)18-2)7-4-8-12(14)17/h3,5-6H,4,7-8H2,1-2H3. The lowest BCUT2D eigenvalue weighted by atomic mass is 9.92. The van der Waals surface area contributed by atoms with E-state index < -0.39 is 0 Å².